The molecule has 0 saturated heterocycles. The zero-order valence-electron chi connectivity index (χ0n) is 9.61. The Hall–Kier alpha value is -1.51. The Morgan fingerprint density at radius 2 is 2.00 bits per heavy atom. The Labute approximate surface area is 96.1 Å². The molecule has 0 saturated carbocycles. The number of aryl methyl sites for hydroxylation is 1. The van der Waals surface area contributed by atoms with E-state index < -0.39 is 5.97 Å². The second kappa shape index (κ2) is 6.88. The van der Waals surface area contributed by atoms with E-state index in [9.17, 15) is 4.79 Å². The van der Waals surface area contributed by atoms with Crippen molar-refractivity contribution < 1.29 is 14.6 Å². The van der Waals surface area contributed by atoms with Crippen LogP contribution in [-0.4, -0.2) is 17.7 Å². The summed E-state index contributed by atoms with van der Waals surface area (Å²) >= 11 is 0. The Morgan fingerprint density at radius 3 is 2.69 bits per heavy atom. The normalized spacial score (nSPS) is 10.1. The van der Waals surface area contributed by atoms with Gasteiger partial charge in [-0.05, 0) is 37.8 Å². The van der Waals surface area contributed by atoms with Crippen molar-refractivity contribution >= 4 is 5.97 Å². The molecule has 1 aromatic rings. The summed E-state index contributed by atoms with van der Waals surface area (Å²) < 4.78 is 5.60. The summed E-state index contributed by atoms with van der Waals surface area (Å²) in [5, 5.41) is 8.45. The van der Waals surface area contributed by atoms with Gasteiger partial charge in [0.2, 0.25) is 0 Å². The molecule has 0 amide bonds. The third-order valence-electron chi connectivity index (χ3n) is 2.39. The Kier molecular flexibility index (Phi) is 5.40. The Balaban J connectivity index is 2.12. The second-order valence-electron chi connectivity index (χ2n) is 3.82. The van der Waals surface area contributed by atoms with Crippen LogP contribution in [0.2, 0.25) is 0 Å². The monoisotopic (exact) mass is 222 g/mol. The van der Waals surface area contributed by atoms with E-state index in [0.29, 0.717) is 6.61 Å². The minimum atomic E-state index is -0.722. The van der Waals surface area contributed by atoms with E-state index in [0.717, 1.165) is 30.6 Å². The van der Waals surface area contributed by atoms with E-state index in [1.54, 1.807) is 0 Å². The van der Waals surface area contributed by atoms with Gasteiger partial charge in [-0.25, -0.2) is 0 Å². The van der Waals surface area contributed by atoms with Crippen molar-refractivity contribution in [3.8, 4) is 5.75 Å². The lowest BCUT2D eigenvalue weighted by Crippen LogP contribution is -2.00. The fraction of sp³-hybridized carbons (Fsp3) is 0.462. The highest BCUT2D eigenvalue weighted by Crippen LogP contribution is 2.16. The molecule has 88 valence electrons. The number of benzene rings is 1. The van der Waals surface area contributed by atoms with Crippen LogP contribution in [0.4, 0.5) is 0 Å². The van der Waals surface area contributed by atoms with Crippen molar-refractivity contribution in [3.05, 3.63) is 29.8 Å². The van der Waals surface area contributed by atoms with Gasteiger partial charge in [0.15, 0.2) is 0 Å². The number of rotatable bonds is 7. The summed E-state index contributed by atoms with van der Waals surface area (Å²) in [5.41, 5.74) is 1.13. The van der Waals surface area contributed by atoms with E-state index in [4.69, 9.17) is 9.84 Å². The van der Waals surface area contributed by atoms with Crippen LogP contribution in [0.25, 0.3) is 0 Å². The summed E-state index contributed by atoms with van der Waals surface area (Å²) in [7, 11) is 0. The first-order valence-electron chi connectivity index (χ1n) is 5.60. The summed E-state index contributed by atoms with van der Waals surface area (Å²) in [5.74, 6) is 0.195. The van der Waals surface area contributed by atoms with E-state index in [1.807, 2.05) is 31.2 Å². The van der Waals surface area contributed by atoms with E-state index in [2.05, 4.69) is 0 Å². The zero-order chi connectivity index (χ0) is 11.8. The highest BCUT2D eigenvalue weighted by atomic mass is 16.5. The van der Waals surface area contributed by atoms with Gasteiger partial charge < -0.3 is 9.84 Å². The lowest BCUT2D eigenvalue weighted by molar-refractivity contribution is -0.137. The number of carboxylic acid groups (broad SMARTS) is 1. The number of para-hydroxylation sites is 1. The van der Waals surface area contributed by atoms with Crippen LogP contribution in [0, 0.1) is 6.92 Å². The number of carboxylic acids is 1. The van der Waals surface area contributed by atoms with Crippen molar-refractivity contribution in [1.29, 1.82) is 0 Å². The van der Waals surface area contributed by atoms with Gasteiger partial charge in [-0.15, -0.1) is 0 Å². The largest absolute Gasteiger partial charge is 0.493 e. The molecule has 3 heteroatoms. The fourth-order valence-electron chi connectivity index (χ4n) is 1.46. The van der Waals surface area contributed by atoms with Gasteiger partial charge in [-0.2, -0.15) is 0 Å². The number of hydrogen-bond acceptors (Lipinski definition) is 2. The molecule has 0 aromatic heterocycles. The minimum absolute atomic E-state index is 0.254. The van der Waals surface area contributed by atoms with Crippen molar-refractivity contribution in [2.75, 3.05) is 6.61 Å². The number of carbonyl (C=O) groups is 1. The molecule has 1 N–H and O–H groups in total. The maximum atomic E-state index is 10.3. The molecule has 1 rings (SSSR count). The highest BCUT2D eigenvalue weighted by molar-refractivity contribution is 5.66. The first kappa shape index (κ1) is 12.6. The molecule has 0 bridgehead atoms. The lowest BCUT2D eigenvalue weighted by atomic mass is 10.2. The topological polar surface area (TPSA) is 46.5 Å². The molecule has 0 heterocycles. The third-order valence-corrected chi connectivity index (χ3v) is 2.39. The van der Waals surface area contributed by atoms with Crippen LogP contribution >= 0.6 is 0 Å². The molecular weight excluding hydrogens is 204 g/mol. The molecule has 0 aliphatic rings. The number of aliphatic carboxylic acids is 1. The van der Waals surface area contributed by atoms with Crippen LogP contribution in [0.1, 0.15) is 31.2 Å². The molecule has 0 aliphatic carbocycles. The number of hydrogen-bond donors (Lipinski definition) is 1. The van der Waals surface area contributed by atoms with Gasteiger partial charge in [0.1, 0.15) is 5.75 Å². The highest BCUT2D eigenvalue weighted by Gasteiger charge is 1.98. The van der Waals surface area contributed by atoms with E-state index in [1.165, 1.54) is 0 Å². The summed E-state index contributed by atoms with van der Waals surface area (Å²) in [6, 6.07) is 7.90. The average molecular weight is 222 g/mol. The van der Waals surface area contributed by atoms with Gasteiger partial charge in [-0.3, -0.25) is 4.79 Å². The van der Waals surface area contributed by atoms with Crippen LogP contribution in [0.15, 0.2) is 24.3 Å². The first-order valence-corrected chi connectivity index (χ1v) is 5.60. The molecule has 3 nitrogen and oxygen atoms in total. The van der Waals surface area contributed by atoms with Crippen LogP contribution in [0.3, 0.4) is 0 Å². The molecule has 1 aromatic carbocycles. The molecule has 16 heavy (non-hydrogen) atoms. The standard InChI is InChI=1S/C13H18O3/c1-11-7-4-5-8-12(11)16-10-6-2-3-9-13(14)15/h4-5,7-8H,2-3,6,9-10H2,1H3,(H,14,15). The van der Waals surface area contributed by atoms with Crippen LogP contribution in [0.5, 0.6) is 5.75 Å². The first-order chi connectivity index (χ1) is 7.70. The predicted molar refractivity (Wildman–Crippen MR) is 62.8 cm³/mol. The average Bonchev–Trinajstić information content (AvgIpc) is 2.25. The van der Waals surface area contributed by atoms with Crippen LogP contribution in [-0.2, 0) is 4.79 Å². The fourth-order valence-corrected chi connectivity index (χ4v) is 1.46. The van der Waals surface area contributed by atoms with Gasteiger partial charge >= 0.3 is 5.97 Å². The minimum Gasteiger partial charge on any atom is -0.493 e. The van der Waals surface area contributed by atoms with Gasteiger partial charge in [0.25, 0.3) is 0 Å². The molecule has 0 atom stereocenters. The van der Waals surface area contributed by atoms with Crippen molar-refractivity contribution in [1.82, 2.24) is 0 Å². The SMILES string of the molecule is Cc1ccccc1OCCCCCC(=O)O. The maximum Gasteiger partial charge on any atom is 0.303 e. The molecule has 0 spiro atoms. The zero-order valence-corrected chi connectivity index (χ0v) is 9.61. The van der Waals surface area contributed by atoms with Gasteiger partial charge in [0.05, 0.1) is 6.61 Å². The smallest absolute Gasteiger partial charge is 0.303 e. The number of unbranched alkanes of at least 4 members (excludes halogenated alkanes) is 2. The summed E-state index contributed by atoms with van der Waals surface area (Å²) in [6.45, 7) is 2.67. The maximum absolute atomic E-state index is 10.3. The molecular formula is C13H18O3. The molecule has 0 aliphatic heterocycles. The van der Waals surface area contributed by atoms with Gasteiger partial charge in [-0.1, -0.05) is 18.2 Å². The summed E-state index contributed by atoms with van der Waals surface area (Å²) in [6.07, 6.45) is 2.79. The van der Waals surface area contributed by atoms with Crippen LogP contribution < -0.4 is 4.74 Å². The lowest BCUT2D eigenvalue weighted by Gasteiger charge is -2.08. The molecule has 0 unspecified atom stereocenters. The number of ether oxygens (including phenoxy) is 1. The Bertz CT molecular complexity index is 334. The van der Waals surface area contributed by atoms with Crippen molar-refractivity contribution in [3.63, 3.8) is 0 Å². The third kappa shape index (κ3) is 4.82. The van der Waals surface area contributed by atoms with Crippen molar-refractivity contribution in [2.45, 2.75) is 32.6 Å². The molecule has 0 fully saturated rings. The van der Waals surface area contributed by atoms with Gasteiger partial charge in [0, 0.05) is 6.42 Å². The van der Waals surface area contributed by atoms with E-state index in [-0.39, 0.29) is 6.42 Å². The molecule has 0 radical (unpaired) electrons. The quantitative estimate of drug-likeness (QED) is 0.721. The van der Waals surface area contributed by atoms with E-state index >= 15 is 0 Å². The Morgan fingerprint density at radius 1 is 1.25 bits per heavy atom. The predicted octanol–water partition coefficient (Wildman–Crippen LogP) is 3.02. The summed E-state index contributed by atoms with van der Waals surface area (Å²) in [4.78, 5) is 10.3. The van der Waals surface area contributed by atoms with Crippen molar-refractivity contribution in [2.24, 2.45) is 0 Å². The second-order valence-corrected chi connectivity index (χ2v) is 3.82.